The van der Waals surface area contributed by atoms with Crippen LogP contribution in [0.2, 0.25) is 0 Å². The molecule has 0 aliphatic carbocycles. The zero-order valence-electron chi connectivity index (χ0n) is 36.1. The van der Waals surface area contributed by atoms with Gasteiger partial charge in [0.1, 0.15) is 0 Å². The van der Waals surface area contributed by atoms with E-state index in [9.17, 15) is 0 Å². The van der Waals surface area contributed by atoms with E-state index in [4.69, 9.17) is 0 Å². The van der Waals surface area contributed by atoms with Crippen LogP contribution in [0.1, 0.15) is 72.9 Å². The number of aryl methyl sites for hydroxylation is 4. The van der Waals surface area contributed by atoms with Crippen LogP contribution in [-0.4, -0.2) is 0 Å². The summed E-state index contributed by atoms with van der Waals surface area (Å²) in [6.45, 7) is 18.0. The van der Waals surface area contributed by atoms with Gasteiger partial charge in [-0.05, 0) is 143 Å². The Morgan fingerprint density at radius 3 is 1.07 bits per heavy atom. The van der Waals surface area contributed by atoms with Crippen molar-refractivity contribution in [3.05, 3.63) is 191 Å². The van der Waals surface area contributed by atoms with Gasteiger partial charge in [-0.25, -0.2) is 0 Å². The third-order valence-electron chi connectivity index (χ3n) is 12.9. The lowest BCUT2D eigenvalue weighted by Gasteiger charge is -2.32. The number of rotatable bonds is 8. The monoisotopic (exact) mass is 776 g/mol. The molecular weight excluding hydrogens is 725 g/mol. The number of hydrogen-bond acceptors (Lipinski definition) is 2. The Morgan fingerprint density at radius 1 is 0.333 bits per heavy atom. The zero-order chi connectivity index (χ0) is 41.4. The lowest BCUT2D eigenvalue weighted by Crippen LogP contribution is -2.13. The van der Waals surface area contributed by atoms with Crippen molar-refractivity contribution in [1.29, 1.82) is 0 Å². The maximum atomic E-state index is 2.53. The number of fused-ring (bicyclic) bond motifs is 2. The zero-order valence-corrected chi connectivity index (χ0v) is 36.1. The third-order valence-corrected chi connectivity index (χ3v) is 12.9. The highest BCUT2D eigenvalue weighted by atomic mass is 15.2. The summed E-state index contributed by atoms with van der Waals surface area (Å²) >= 11 is 0. The van der Waals surface area contributed by atoms with Crippen molar-refractivity contribution in [2.45, 2.75) is 67.2 Å². The number of benzene rings is 10. The first-order chi connectivity index (χ1) is 29.0. The van der Waals surface area contributed by atoms with E-state index < -0.39 is 0 Å². The SMILES string of the molecule is Cc1ccc2ccc(C)c(N(c3ccc(C(C)C)cc3)c3ccc4ccc5c(N(c6ccc(C(C)C)cc6)c6c(C)ccc7ccc(C)cc67)ccc6ccc3c4c65)c2c1. The molecule has 0 radical (unpaired) electrons. The molecule has 0 bridgehead atoms. The summed E-state index contributed by atoms with van der Waals surface area (Å²) in [5.41, 5.74) is 14.8. The number of hydrogen-bond donors (Lipinski definition) is 0. The quantitative estimate of drug-likeness (QED) is 0.142. The van der Waals surface area contributed by atoms with Crippen molar-refractivity contribution < 1.29 is 0 Å². The van der Waals surface area contributed by atoms with Gasteiger partial charge in [-0.3, -0.25) is 0 Å². The Bertz CT molecular complexity index is 3010. The van der Waals surface area contributed by atoms with Crippen molar-refractivity contribution >= 4 is 88.0 Å². The molecule has 0 aliphatic rings. The van der Waals surface area contributed by atoms with E-state index in [1.165, 1.54) is 110 Å². The summed E-state index contributed by atoms with van der Waals surface area (Å²) in [4.78, 5) is 5.05. The highest BCUT2D eigenvalue weighted by molar-refractivity contribution is 6.28. The van der Waals surface area contributed by atoms with Crippen LogP contribution in [0.3, 0.4) is 0 Å². The van der Waals surface area contributed by atoms with Crippen molar-refractivity contribution in [2.75, 3.05) is 9.80 Å². The molecule has 0 amide bonds. The third kappa shape index (κ3) is 6.16. The van der Waals surface area contributed by atoms with Crippen molar-refractivity contribution in [3.8, 4) is 0 Å². The summed E-state index contributed by atoms with van der Waals surface area (Å²) in [5, 5.41) is 12.6. The van der Waals surface area contributed by atoms with Crippen LogP contribution in [0.5, 0.6) is 0 Å². The molecule has 0 saturated carbocycles. The Kier molecular flexibility index (Phi) is 9.14. The van der Waals surface area contributed by atoms with Crippen LogP contribution >= 0.6 is 0 Å². The van der Waals surface area contributed by atoms with Gasteiger partial charge >= 0.3 is 0 Å². The minimum absolute atomic E-state index is 0.451. The van der Waals surface area contributed by atoms with E-state index in [2.05, 4.69) is 223 Å². The predicted octanol–water partition coefficient (Wildman–Crippen LogP) is 17.3. The molecule has 10 rings (SSSR count). The standard InChI is InChI=1S/C58H52N2/c1-35(2)41-17-25-47(26-18-41)59(57-39(7)11-15-43-13-9-37(5)33-51(43)57)53-31-23-45-22-30-50-54(32-24-46-21-29-49(53)55(45)56(46)50)60(48-27-19-42(20-28-48)36(3)4)58-40(8)12-16-44-14-10-38(6)34-52(44)58/h9-36H,1-8H3. The molecule has 0 fully saturated rings. The Balaban J connectivity index is 1.27. The fourth-order valence-corrected chi connectivity index (χ4v) is 9.60. The van der Waals surface area contributed by atoms with Gasteiger partial charge in [-0.15, -0.1) is 0 Å². The first-order valence-electron chi connectivity index (χ1n) is 21.6. The highest BCUT2D eigenvalue weighted by Gasteiger charge is 2.25. The summed E-state index contributed by atoms with van der Waals surface area (Å²) in [5.74, 6) is 0.903. The maximum Gasteiger partial charge on any atom is 0.0569 e. The smallest absolute Gasteiger partial charge is 0.0569 e. The van der Waals surface area contributed by atoms with Crippen molar-refractivity contribution in [3.63, 3.8) is 0 Å². The average Bonchev–Trinajstić information content (AvgIpc) is 3.25. The van der Waals surface area contributed by atoms with E-state index >= 15 is 0 Å². The van der Waals surface area contributed by atoms with Crippen molar-refractivity contribution in [1.82, 2.24) is 0 Å². The van der Waals surface area contributed by atoms with Crippen LogP contribution in [0.25, 0.3) is 53.9 Å². The van der Waals surface area contributed by atoms with E-state index in [0.717, 1.165) is 11.4 Å². The van der Waals surface area contributed by atoms with E-state index in [1.54, 1.807) is 0 Å². The largest absolute Gasteiger partial charge is 0.309 e. The molecule has 0 saturated heterocycles. The molecular formula is C58H52N2. The molecule has 0 aliphatic heterocycles. The fourth-order valence-electron chi connectivity index (χ4n) is 9.60. The lowest BCUT2D eigenvalue weighted by molar-refractivity contribution is 0.866. The molecule has 2 nitrogen and oxygen atoms in total. The van der Waals surface area contributed by atoms with Gasteiger partial charge in [-0.1, -0.05) is 148 Å². The second-order valence-electron chi connectivity index (χ2n) is 17.7. The molecule has 0 aromatic heterocycles. The van der Waals surface area contributed by atoms with E-state index in [1.807, 2.05) is 0 Å². The van der Waals surface area contributed by atoms with Gasteiger partial charge in [0.15, 0.2) is 0 Å². The van der Waals surface area contributed by atoms with Crippen LogP contribution in [0, 0.1) is 27.7 Å². The predicted molar refractivity (Wildman–Crippen MR) is 262 cm³/mol. The Labute approximate surface area is 354 Å². The molecule has 10 aromatic rings. The molecule has 10 aromatic carbocycles. The van der Waals surface area contributed by atoms with Crippen LogP contribution in [-0.2, 0) is 0 Å². The highest BCUT2D eigenvalue weighted by Crippen LogP contribution is 2.50. The molecule has 0 spiro atoms. The van der Waals surface area contributed by atoms with Gasteiger partial charge in [0.25, 0.3) is 0 Å². The summed E-state index contributed by atoms with van der Waals surface area (Å²) < 4.78 is 0. The van der Waals surface area contributed by atoms with E-state index in [0.29, 0.717) is 11.8 Å². The fraction of sp³-hybridized carbons (Fsp3) is 0.172. The average molecular weight is 777 g/mol. The number of nitrogens with zero attached hydrogens (tertiary/aromatic N) is 2. The van der Waals surface area contributed by atoms with Crippen molar-refractivity contribution in [2.24, 2.45) is 0 Å². The minimum Gasteiger partial charge on any atom is -0.309 e. The van der Waals surface area contributed by atoms with Gasteiger partial charge in [0, 0.05) is 32.9 Å². The molecule has 294 valence electrons. The first-order valence-corrected chi connectivity index (χ1v) is 21.6. The van der Waals surface area contributed by atoms with E-state index in [-0.39, 0.29) is 0 Å². The van der Waals surface area contributed by atoms with Gasteiger partial charge < -0.3 is 9.80 Å². The van der Waals surface area contributed by atoms with Gasteiger partial charge in [-0.2, -0.15) is 0 Å². The minimum atomic E-state index is 0.451. The summed E-state index contributed by atoms with van der Waals surface area (Å²) in [6.07, 6.45) is 0. The Morgan fingerprint density at radius 2 is 0.683 bits per heavy atom. The molecule has 0 N–H and O–H groups in total. The lowest BCUT2D eigenvalue weighted by atomic mass is 9.91. The van der Waals surface area contributed by atoms with Crippen LogP contribution in [0.15, 0.2) is 158 Å². The van der Waals surface area contributed by atoms with Gasteiger partial charge in [0.05, 0.1) is 22.7 Å². The first kappa shape index (κ1) is 37.6. The maximum absolute atomic E-state index is 2.53. The summed E-state index contributed by atoms with van der Waals surface area (Å²) in [6, 6.07) is 60.0. The second-order valence-corrected chi connectivity index (χ2v) is 17.7. The molecule has 2 heteroatoms. The molecule has 60 heavy (non-hydrogen) atoms. The molecule has 0 unspecified atom stereocenters. The molecule has 0 heterocycles. The molecule has 0 atom stereocenters. The summed E-state index contributed by atoms with van der Waals surface area (Å²) in [7, 11) is 0. The van der Waals surface area contributed by atoms with Crippen LogP contribution < -0.4 is 9.80 Å². The second kappa shape index (κ2) is 14.6. The van der Waals surface area contributed by atoms with Gasteiger partial charge in [0.2, 0.25) is 0 Å². The Hall–Kier alpha value is -6.64. The topological polar surface area (TPSA) is 6.48 Å². The van der Waals surface area contributed by atoms with Crippen LogP contribution in [0.4, 0.5) is 34.1 Å². The normalized spacial score (nSPS) is 12.0. The number of anilines is 6.